The molecule has 0 spiro atoms. The summed E-state index contributed by atoms with van der Waals surface area (Å²) >= 11 is 0. The van der Waals surface area contributed by atoms with Crippen molar-refractivity contribution < 1.29 is 0 Å². The van der Waals surface area contributed by atoms with E-state index in [0.717, 1.165) is 0 Å². The van der Waals surface area contributed by atoms with Gasteiger partial charge in [0.2, 0.25) is 0 Å². The fourth-order valence-corrected chi connectivity index (χ4v) is 7.75. The van der Waals surface area contributed by atoms with Crippen molar-refractivity contribution in [3.63, 3.8) is 0 Å². The van der Waals surface area contributed by atoms with E-state index in [9.17, 15) is 0 Å². The molecule has 8 aromatic rings. The third-order valence-corrected chi connectivity index (χ3v) is 9.49. The zero-order chi connectivity index (χ0) is 28.4. The Balaban J connectivity index is 1.46. The molecule has 0 saturated carbocycles. The summed E-state index contributed by atoms with van der Waals surface area (Å²) < 4.78 is 0. The summed E-state index contributed by atoms with van der Waals surface area (Å²) in [6, 6.07) is 62.9. The molecule has 43 heavy (non-hydrogen) atoms. The fraction of sp³-hybridized carbons (Fsp3) is 0.0233. The second-order valence-corrected chi connectivity index (χ2v) is 11.6. The summed E-state index contributed by atoms with van der Waals surface area (Å²) in [5.41, 5.74) is 9.99. The van der Waals surface area contributed by atoms with Gasteiger partial charge in [0.05, 0.1) is 5.41 Å². The summed E-state index contributed by atoms with van der Waals surface area (Å²) in [4.78, 5) is 0. The van der Waals surface area contributed by atoms with Gasteiger partial charge >= 0.3 is 0 Å². The van der Waals surface area contributed by atoms with Gasteiger partial charge in [-0.2, -0.15) is 0 Å². The van der Waals surface area contributed by atoms with Gasteiger partial charge in [0, 0.05) is 0 Å². The zero-order valence-electron chi connectivity index (χ0n) is 23.7. The summed E-state index contributed by atoms with van der Waals surface area (Å²) in [6.07, 6.45) is 0. The van der Waals surface area contributed by atoms with Crippen LogP contribution in [0.3, 0.4) is 0 Å². The van der Waals surface area contributed by atoms with E-state index in [1.807, 2.05) is 0 Å². The maximum atomic E-state index is 2.50. The topological polar surface area (TPSA) is 0 Å². The first kappa shape index (κ1) is 24.2. The van der Waals surface area contributed by atoms with Crippen LogP contribution in [0.25, 0.3) is 54.6 Å². The lowest BCUT2D eigenvalue weighted by Crippen LogP contribution is -2.28. The second-order valence-electron chi connectivity index (χ2n) is 11.6. The van der Waals surface area contributed by atoms with Crippen LogP contribution in [0, 0.1) is 0 Å². The van der Waals surface area contributed by atoms with Crippen LogP contribution in [0.2, 0.25) is 0 Å². The Hall–Kier alpha value is -5.46. The average Bonchev–Trinajstić information content (AvgIpc) is 3.39. The monoisotopic (exact) mass is 544 g/mol. The van der Waals surface area contributed by atoms with E-state index < -0.39 is 5.41 Å². The number of fused-ring (bicyclic) bond motifs is 7. The minimum absolute atomic E-state index is 0.468. The van der Waals surface area contributed by atoms with Crippen molar-refractivity contribution in [2.75, 3.05) is 0 Å². The minimum atomic E-state index is -0.468. The van der Waals surface area contributed by atoms with Crippen molar-refractivity contribution in [1.82, 2.24) is 0 Å². The fourth-order valence-electron chi connectivity index (χ4n) is 7.75. The van der Waals surface area contributed by atoms with Crippen LogP contribution in [0.1, 0.15) is 22.3 Å². The van der Waals surface area contributed by atoms with Gasteiger partial charge in [-0.1, -0.05) is 158 Å². The third kappa shape index (κ3) is 3.38. The maximum Gasteiger partial charge on any atom is 0.0719 e. The molecule has 1 aliphatic rings. The van der Waals surface area contributed by atoms with Crippen molar-refractivity contribution >= 4 is 32.3 Å². The standard InChI is InChI=1S/C43H28/c1-3-16-33(17-4-1)43(34-18-5-2-6-19-34)40-28-32(24-25-38(40)39-26-23-29-13-7-12-22-37(29)42(39)43)41-35-20-10-8-14-30(35)27-31-15-9-11-21-36(31)41/h1-28H. The van der Waals surface area contributed by atoms with Gasteiger partial charge in [-0.15, -0.1) is 0 Å². The Kier molecular flexibility index (Phi) is 5.21. The number of rotatable bonds is 3. The second kappa shape index (κ2) is 9.28. The summed E-state index contributed by atoms with van der Waals surface area (Å²) in [5.74, 6) is 0. The molecule has 0 N–H and O–H groups in total. The van der Waals surface area contributed by atoms with E-state index in [-0.39, 0.29) is 0 Å². The van der Waals surface area contributed by atoms with E-state index in [4.69, 9.17) is 0 Å². The molecule has 0 aliphatic heterocycles. The van der Waals surface area contributed by atoms with E-state index in [0.29, 0.717) is 0 Å². The molecule has 0 bridgehead atoms. The molecular formula is C43H28. The molecule has 0 unspecified atom stereocenters. The molecule has 0 amide bonds. The van der Waals surface area contributed by atoms with Crippen molar-refractivity contribution in [3.05, 3.63) is 192 Å². The molecule has 9 rings (SSSR count). The summed E-state index contributed by atoms with van der Waals surface area (Å²) in [6.45, 7) is 0. The number of hydrogen-bond acceptors (Lipinski definition) is 0. The first-order valence-corrected chi connectivity index (χ1v) is 15.0. The highest BCUT2D eigenvalue weighted by Crippen LogP contribution is 2.58. The van der Waals surface area contributed by atoms with Crippen LogP contribution in [0.15, 0.2) is 170 Å². The van der Waals surface area contributed by atoms with Crippen LogP contribution in [-0.2, 0) is 5.41 Å². The molecule has 0 fully saturated rings. The number of benzene rings is 8. The molecule has 0 atom stereocenters. The Bertz CT molecular complexity index is 2230. The van der Waals surface area contributed by atoms with Crippen LogP contribution in [-0.4, -0.2) is 0 Å². The molecule has 200 valence electrons. The SMILES string of the molecule is c1ccc(C2(c3ccccc3)c3cc(-c4c5ccccc5cc5ccccc45)ccc3-c3ccc4ccccc4c32)cc1. The molecule has 0 nitrogen and oxygen atoms in total. The predicted molar refractivity (Wildman–Crippen MR) is 182 cm³/mol. The molecule has 0 radical (unpaired) electrons. The van der Waals surface area contributed by atoms with Gasteiger partial charge in [-0.3, -0.25) is 0 Å². The van der Waals surface area contributed by atoms with Crippen LogP contribution < -0.4 is 0 Å². The first-order valence-electron chi connectivity index (χ1n) is 15.0. The van der Waals surface area contributed by atoms with Crippen molar-refractivity contribution in [2.45, 2.75) is 5.41 Å². The third-order valence-electron chi connectivity index (χ3n) is 9.49. The zero-order valence-corrected chi connectivity index (χ0v) is 23.7. The Labute approximate surface area is 251 Å². The highest BCUT2D eigenvalue weighted by atomic mass is 14.5. The normalized spacial score (nSPS) is 13.3. The average molecular weight is 545 g/mol. The number of hydrogen-bond donors (Lipinski definition) is 0. The molecule has 0 saturated heterocycles. The van der Waals surface area contributed by atoms with E-state index >= 15 is 0 Å². The van der Waals surface area contributed by atoms with Crippen molar-refractivity contribution in [2.24, 2.45) is 0 Å². The van der Waals surface area contributed by atoms with Crippen molar-refractivity contribution in [1.29, 1.82) is 0 Å². The quantitative estimate of drug-likeness (QED) is 0.194. The lowest BCUT2D eigenvalue weighted by Gasteiger charge is -2.35. The van der Waals surface area contributed by atoms with Crippen LogP contribution >= 0.6 is 0 Å². The predicted octanol–water partition coefficient (Wildman–Crippen LogP) is 11.2. The molecule has 1 aliphatic carbocycles. The Morgan fingerprint density at radius 3 is 1.49 bits per heavy atom. The summed E-state index contributed by atoms with van der Waals surface area (Å²) in [5, 5.41) is 7.68. The Morgan fingerprint density at radius 2 is 0.860 bits per heavy atom. The first-order chi connectivity index (χ1) is 21.3. The van der Waals surface area contributed by atoms with Gasteiger partial charge in [0.25, 0.3) is 0 Å². The van der Waals surface area contributed by atoms with E-state index in [1.54, 1.807) is 0 Å². The van der Waals surface area contributed by atoms with Crippen molar-refractivity contribution in [3.8, 4) is 22.3 Å². The molecular weight excluding hydrogens is 516 g/mol. The van der Waals surface area contributed by atoms with Gasteiger partial charge in [0.15, 0.2) is 0 Å². The van der Waals surface area contributed by atoms with Gasteiger partial charge in [0.1, 0.15) is 0 Å². The highest BCUT2D eigenvalue weighted by molar-refractivity contribution is 6.13. The molecule has 8 aromatic carbocycles. The largest absolute Gasteiger partial charge is 0.0719 e. The minimum Gasteiger partial charge on any atom is -0.0622 e. The highest BCUT2D eigenvalue weighted by Gasteiger charge is 2.47. The lowest BCUT2D eigenvalue weighted by molar-refractivity contribution is 0.776. The van der Waals surface area contributed by atoms with Gasteiger partial charge in [-0.05, 0) is 89.0 Å². The maximum absolute atomic E-state index is 2.50. The van der Waals surface area contributed by atoms with Gasteiger partial charge < -0.3 is 0 Å². The molecule has 0 heterocycles. The lowest BCUT2D eigenvalue weighted by atomic mass is 9.66. The van der Waals surface area contributed by atoms with Crippen LogP contribution in [0.4, 0.5) is 0 Å². The smallest absolute Gasteiger partial charge is 0.0622 e. The molecule has 0 heteroatoms. The molecule has 0 aromatic heterocycles. The van der Waals surface area contributed by atoms with Crippen LogP contribution in [0.5, 0.6) is 0 Å². The Morgan fingerprint density at radius 1 is 0.349 bits per heavy atom. The van der Waals surface area contributed by atoms with Gasteiger partial charge in [-0.25, -0.2) is 0 Å². The van der Waals surface area contributed by atoms with E-state index in [2.05, 4.69) is 170 Å². The van der Waals surface area contributed by atoms with E-state index in [1.165, 1.54) is 76.8 Å². The summed E-state index contributed by atoms with van der Waals surface area (Å²) in [7, 11) is 0.